The Kier molecular flexibility index (Phi) is 5.19. The molecule has 2 aromatic heterocycles. The number of nitrogens with one attached hydrogen (secondary N) is 1. The van der Waals surface area contributed by atoms with E-state index in [9.17, 15) is 18.0 Å². The van der Waals surface area contributed by atoms with E-state index < -0.39 is 11.7 Å². The Labute approximate surface area is 188 Å². The van der Waals surface area contributed by atoms with Gasteiger partial charge < -0.3 is 14.6 Å². The number of hydrogen-bond acceptors (Lipinski definition) is 5. The molecule has 2 aliphatic rings. The van der Waals surface area contributed by atoms with Crippen LogP contribution in [-0.4, -0.2) is 27.7 Å². The van der Waals surface area contributed by atoms with Gasteiger partial charge in [0.15, 0.2) is 0 Å². The standard InChI is InChI=1S/C24H25F3N4O2/c1-14-16(4-3-5-19(14)24(25,26)27)11-28-22-18-12-31(21(32)10-20(18)29-15(2)30-22)23(7-8-23)17-6-9-33-13-17/h3-5,10,12,17H,6-9,11,13H2,1-2H3,(H,28,29,30). The molecular weight excluding hydrogens is 433 g/mol. The molecular formula is C24H25F3N4O2. The molecule has 1 saturated heterocycles. The van der Waals surface area contributed by atoms with Gasteiger partial charge in [-0.2, -0.15) is 13.2 Å². The number of ether oxygens (including phenoxy) is 1. The van der Waals surface area contributed by atoms with Crippen molar-refractivity contribution in [3.63, 3.8) is 0 Å². The van der Waals surface area contributed by atoms with Gasteiger partial charge in [0.1, 0.15) is 11.6 Å². The first-order valence-corrected chi connectivity index (χ1v) is 11.1. The third-order valence-corrected chi connectivity index (χ3v) is 6.97. The minimum atomic E-state index is -4.41. The molecule has 1 atom stereocenters. The van der Waals surface area contributed by atoms with Crippen LogP contribution in [0.2, 0.25) is 0 Å². The molecule has 2 fully saturated rings. The molecule has 33 heavy (non-hydrogen) atoms. The normalized spacial score (nSPS) is 19.7. The Morgan fingerprint density at radius 1 is 1.24 bits per heavy atom. The molecule has 1 saturated carbocycles. The summed E-state index contributed by atoms with van der Waals surface area (Å²) in [5.74, 6) is 1.28. The first kappa shape index (κ1) is 21.9. The van der Waals surface area contributed by atoms with E-state index in [1.165, 1.54) is 19.1 Å². The summed E-state index contributed by atoms with van der Waals surface area (Å²) in [6, 6.07) is 5.70. The van der Waals surface area contributed by atoms with Crippen LogP contribution in [0.5, 0.6) is 0 Å². The number of pyridine rings is 1. The van der Waals surface area contributed by atoms with Crippen LogP contribution in [0.25, 0.3) is 10.9 Å². The first-order chi connectivity index (χ1) is 15.7. The minimum Gasteiger partial charge on any atom is -0.381 e. The fourth-order valence-electron chi connectivity index (χ4n) is 5.00. The van der Waals surface area contributed by atoms with E-state index in [0.29, 0.717) is 47.2 Å². The van der Waals surface area contributed by atoms with Crippen molar-refractivity contribution in [2.24, 2.45) is 5.92 Å². The molecule has 6 nitrogen and oxygen atoms in total. The maximum absolute atomic E-state index is 13.3. The van der Waals surface area contributed by atoms with Crippen LogP contribution in [0.4, 0.5) is 19.0 Å². The van der Waals surface area contributed by atoms with Crippen molar-refractivity contribution >= 4 is 16.7 Å². The Bertz CT molecular complexity index is 1280. The summed E-state index contributed by atoms with van der Waals surface area (Å²) in [7, 11) is 0. The van der Waals surface area contributed by atoms with Crippen LogP contribution in [0.3, 0.4) is 0 Å². The van der Waals surface area contributed by atoms with Crippen LogP contribution in [0, 0.1) is 19.8 Å². The number of nitrogens with zero attached hydrogens (tertiary/aromatic N) is 3. The van der Waals surface area contributed by atoms with Crippen molar-refractivity contribution in [2.45, 2.75) is 51.4 Å². The Morgan fingerprint density at radius 2 is 2.03 bits per heavy atom. The van der Waals surface area contributed by atoms with Crippen molar-refractivity contribution in [1.29, 1.82) is 0 Å². The lowest BCUT2D eigenvalue weighted by molar-refractivity contribution is -0.138. The fraction of sp³-hybridized carbons (Fsp3) is 0.458. The minimum absolute atomic E-state index is 0.107. The summed E-state index contributed by atoms with van der Waals surface area (Å²) >= 11 is 0. The van der Waals surface area contributed by atoms with Crippen molar-refractivity contribution in [1.82, 2.24) is 14.5 Å². The van der Waals surface area contributed by atoms with Crippen LogP contribution in [0.15, 0.2) is 35.3 Å². The average Bonchev–Trinajstić information content (AvgIpc) is 3.35. The molecule has 0 radical (unpaired) electrons. The van der Waals surface area contributed by atoms with Gasteiger partial charge in [0, 0.05) is 31.3 Å². The van der Waals surface area contributed by atoms with Gasteiger partial charge in [-0.3, -0.25) is 4.79 Å². The number of alkyl halides is 3. The smallest absolute Gasteiger partial charge is 0.381 e. The maximum atomic E-state index is 13.3. The molecule has 1 aliphatic carbocycles. The number of hydrogen-bond donors (Lipinski definition) is 1. The highest BCUT2D eigenvalue weighted by Gasteiger charge is 2.52. The van der Waals surface area contributed by atoms with Gasteiger partial charge in [-0.25, -0.2) is 9.97 Å². The van der Waals surface area contributed by atoms with Crippen molar-refractivity contribution in [3.8, 4) is 0 Å². The second kappa shape index (κ2) is 7.83. The molecule has 3 heterocycles. The summed E-state index contributed by atoms with van der Waals surface area (Å²) in [5.41, 5.74) is 0.248. The largest absolute Gasteiger partial charge is 0.416 e. The highest BCUT2D eigenvalue weighted by atomic mass is 19.4. The van der Waals surface area contributed by atoms with Gasteiger partial charge in [-0.1, -0.05) is 12.1 Å². The lowest BCUT2D eigenvalue weighted by Gasteiger charge is -2.25. The third-order valence-electron chi connectivity index (χ3n) is 6.97. The van der Waals surface area contributed by atoms with Gasteiger partial charge in [0.25, 0.3) is 5.56 Å². The lowest BCUT2D eigenvalue weighted by Crippen LogP contribution is -2.36. The molecule has 1 unspecified atom stereocenters. The second-order valence-corrected chi connectivity index (χ2v) is 9.01. The second-order valence-electron chi connectivity index (χ2n) is 9.01. The molecule has 1 aromatic carbocycles. The van der Waals surface area contributed by atoms with Gasteiger partial charge in [0.2, 0.25) is 0 Å². The van der Waals surface area contributed by atoms with E-state index in [0.717, 1.165) is 25.3 Å². The van der Waals surface area contributed by atoms with Crippen LogP contribution < -0.4 is 10.9 Å². The molecule has 9 heteroatoms. The van der Waals surface area contributed by atoms with Crippen molar-refractivity contribution in [2.75, 3.05) is 18.5 Å². The quantitative estimate of drug-likeness (QED) is 0.607. The molecule has 3 aromatic rings. The zero-order valence-electron chi connectivity index (χ0n) is 18.5. The van der Waals surface area contributed by atoms with Gasteiger partial charge in [-0.05, 0) is 50.3 Å². The number of benzene rings is 1. The molecule has 0 bridgehead atoms. The summed E-state index contributed by atoms with van der Waals surface area (Å²) in [6.07, 6.45) is 0.173. The summed E-state index contributed by atoms with van der Waals surface area (Å²) in [6.45, 7) is 4.72. The van der Waals surface area contributed by atoms with E-state index in [2.05, 4.69) is 15.3 Å². The van der Waals surface area contributed by atoms with E-state index >= 15 is 0 Å². The van der Waals surface area contributed by atoms with E-state index in [4.69, 9.17) is 4.74 Å². The molecule has 1 aliphatic heterocycles. The van der Waals surface area contributed by atoms with Gasteiger partial charge >= 0.3 is 6.18 Å². The van der Waals surface area contributed by atoms with Crippen LogP contribution >= 0.6 is 0 Å². The Balaban J connectivity index is 1.52. The highest BCUT2D eigenvalue weighted by Crippen LogP contribution is 2.52. The van der Waals surface area contributed by atoms with E-state index in [1.807, 2.05) is 6.20 Å². The predicted molar refractivity (Wildman–Crippen MR) is 118 cm³/mol. The number of aromatic nitrogens is 3. The van der Waals surface area contributed by atoms with Crippen LogP contribution in [0.1, 0.15) is 41.8 Å². The Morgan fingerprint density at radius 3 is 2.70 bits per heavy atom. The molecule has 5 rings (SSSR count). The predicted octanol–water partition coefficient (Wildman–Crippen LogP) is 4.56. The zero-order chi connectivity index (χ0) is 23.4. The number of halogens is 3. The third kappa shape index (κ3) is 3.88. The Hall–Kier alpha value is -2.94. The highest BCUT2D eigenvalue weighted by molar-refractivity contribution is 5.88. The zero-order valence-corrected chi connectivity index (χ0v) is 18.5. The van der Waals surface area contributed by atoms with E-state index in [1.54, 1.807) is 17.6 Å². The SMILES string of the molecule is Cc1nc(NCc2cccc(C(F)(F)F)c2C)c2cn(C3(C4CCOC4)CC3)c(=O)cc2n1. The number of fused-ring (bicyclic) bond motifs is 1. The molecule has 1 N–H and O–H groups in total. The fourth-order valence-corrected chi connectivity index (χ4v) is 5.00. The topological polar surface area (TPSA) is 69.0 Å². The summed E-state index contributed by atoms with van der Waals surface area (Å²) in [5, 5.41) is 3.87. The van der Waals surface area contributed by atoms with Crippen molar-refractivity contribution in [3.05, 3.63) is 63.3 Å². The summed E-state index contributed by atoms with van der Waals surface area (Å²) in [4.78, 5) is 21.9. The van der Waals surface area contributed by atoms with E-state index in [-0.39, 0.29) is 23.2 Å². The first-order valence-electron chi connectivity index (χ1n) is 11.1. The number of aryl methyl sites for hydroxylation is 1. The van der Waals surface area contributed by atoms with Crippen LogP contribution in [-0.2, 0) is 23.0 Å². The number of rotatable bonds is 5. The molecule has 0 spiro atoms. The summed E-state index contributed by atoms with van der Waals surface area (Å²) < 4.78 is 47.3. The lowest BCUT2D eigenvalue weighted by atomic mass is 9.96. The average molecular weight is 458 g/mol. The molecule has 0 amide bonds. The van der Waals surface area contributed by atoms with Crippen molar-refractivity contribution < 1.29 is 17.9 Å². The van der Waals surface area contributed by atoms with Gasteiger partial charge in [-0.15, -0.1) is 0 Å². The monoisotopic (exact) mass is 458 g/mol. The van der Waals surface area contributed by atoms with Gasteiger partial charge in [0.05, 0.1) is 28.6 Å². The molecule has 174 valence electrons. The number of anilines is 1. The maximum Gasteiger partial charge on any atom is 0.416 e.